The van der Waals surface area contributed by atoms with Gasteiger partial charge in [0.1, 0.15) is 0 Å². The smallest absolute Gasteiger partial charge is 0.373 e. The summed E-state index contributed by atoms with van der Waals surface area (Å²) in [5.41, 5.74) is 1.23. The summed E-state index contributed by atoms with van der Waals surface area (Å²) in [6, 6.07) is 9.56. The van der Waals surface area contributed by atoms with E-state index in [1.807, 2.05) is 13.0 Å². The molecule has 2 aromatic rings. The molecule has 0 saturated carbocycles. The molecule has 0 spiro atoms. The molecule has 2 aliphatic rings. The summed E-state index contributed by atoms with van der Waals surface area (Å²) in [5.74, 6) is -0.209. The van der Waals surface area contributed by atoms with E-state index < -0.39 is 19.1 Å². The average molecular weight is 805 g/mol. The molecule has 0 amide bonds. The van der Waals surface area contributed by atoms with Gasteiger partial charge in [-0.05, 0) is 127 Å². The van der Waals surface area contributed by atoms with Gasteiger partial charge in [0, 0.05) is 38.3 Å². The predicted octanol–water partition coefficient (Wildman–Crippen LogP) is 4.41. The van der Waals surface area contributed by atoms with Crippen molar-refractivity contribution in [1.29, 1.82) is 0 Å². The molecule has 4 rings (SSSR count). The number of nitrogens with one attached hydrogen (secondary N) is 1. The van der Waals surface area contributed by atoms with E-state index >= 15 is 0 Å². The molecule has 2 unspecified atom stereocenters. The van der Waals surface area contributed by atoms with E-state index in [0.717, 1.165) is 37.9 Å². The second-order valence-electron chi connectivity index (χ2n) is 9.98. The predicted molar refractivity (Wildman–Crippen MR) is 172 cm³/mol. The van der Waals surface area contributed by atoms with Gasteiger partial charge in [-0.25, -0.2) is 16.8 Å². The Labute approximate surface area is 280 Å². The Bertz CT molecular complexity index is 1480. The van der Waals surface area contributed by atoms with Crippen molar-refractivity contribution in [3.63, 3.8) is 0 Å². The van der Waals surface area contributed by atoms with Crippen molar-refractivity contribution in [1.82, 2.24) is 9.62 Å². The molecule has 0 aliphatic carbocycles. The first kappa shape index (κ1) is 40.5. The number of sulfonamides is 1. The first-order valence-electron chi connectivity index (χ1n) is 13.6. The van der Waals surface area contributed by atoms with Crippen LogP contribution < -0.4 is 5.32 Å². The summed E-state index contributed by atoms with van der Waals surface area (Å²) in [7, 11) is -2.13. The number of benzene rings is 2. The van der Waals surface area contributed by atoms with Crippen LogP contribution in [0.25, 0.3) is 0 Å². The van der Waals surface area contributed by atoms with E-state index in [1.165, 1.54) is 29.4 Å². The van der Waals surface area contributed by atoms with Crippen LogP contribution >= 0.6 is 42.5 Å². The number of rotatable bonds is 4. The molecule has 3 N–H and O–H groups in total. The van der Waals surface area contributed by atoms with Gasteiger partial charge in [-0.1, -0.05) is 12.1 Å². The molecular weight excluding hydrogens is 768 g/mol. The van der Waals surface area contributed by atoms with Crippen LogP contribution in [0.15, 0.2) is 55.1 Å². The molecule has 16 heteroatoms. The van der Waals surface area contributed by atoms with Gasteiger partial charge in [-0.3, -0.25) is 4.79 Å². The fourth-order valence-corrected chi connectivity index (χ4v) is 8.77. The number of halogens is 3. The quantitative estimate of drug-likeness (QED) is 0.297. The molecule has 2 heterocycles. The molecule has 2 aliphatic heterocycles. The van der Waals surface area contributed by atoms with E-state index in [-0.39, 0.29) is 29.0 Å². The summed E-state index contributed by atoms with van der Waals surface area (Å²) in [5, 5.41) is 21.9. The summed E-state index contributed by atoms with van der Waals surface area (Å²) in [6.45, 7) is 6.15. The molecule has 44 heavy (non-hydrogen) atoms. The lowest BCUT2D eigenvalue weighted by Crippen LogP contribution is -2.32. The number of aliphatic hydroxyl groups is 2. The summed E-state index contributed by atoms with van der Waals surface area (Å²) in [6.07, 6.45) is 4.73. The molecule has 2 aromatic carbocycles. The molecule has 2 saturated heterocycles. The van der Waals surface area contributed by atoms with Gasteiger partial charge in [-0.2, -0.15) is 13.9 Å². The Morgan fingerprint density at radius 2 is 1.45 bits per heavy atom. The average Bonchev–Trinajstić information content (AvgIpc) is 3.32. The Hall–Kier alpha value is -1.52. The Morgan fingerprint density at radius 3 is 2.07 bits per heavy atom. The van der Waals surface area contributed by atoms with Crippen molar-refractivity contribution in [2.75, 3.05) is 26.2 Å². The highest BCUT2D eigenvalue weighted by molar-refractivity contribution is 9.10. The third-order valence-electron chi connectivity index (χ3n) is 6.51. The second-order valence-corrected chi connectivity index (χ2v) is 16.1. The zero-order valence-corrected chi connectivity index (χ0v) is 29.9. The lowest BCUT2D eigenvalue weighted by molar-refractivity contribution is -0.191. The summed E-state index contributed by atoms with van der Waals surface area (Å²) >= 11 is 6.35. The van der Waals surface area contributed by atoms with Gasteiger partial charge < -0.3 is 15.5 Å². The fraction of sp³-hybridized carbons (Fsp3) is 0.500. The first-order chi connectivity index (χ1) is 20.5. The Kier molecular flexibility index (Phi) is 18.3. The monoisotopic (exact) mass is 802 g/mol. The number of Topliss-reactive ketones (excluding diaryl/α,β-unsaturated/α-hetero) is 1. The van der Waals surface area contributed by atoms with Gasteiger partial charge in [0.2, 0.25) is 10.0 Å². The summed E-state index contributed by atoms with van der Waals surface area (Å²) < 4.78 is 49.8. The topological polar surface area (TPSA) is 175 Å². The van der Waals surface area contributed by atoms with Gasteiger partial charge in [-0.15, -0.1) is 0 Å². The number of ketones is 1. The number of hydrogen-bond donors (Lipinski definition) is 3. The molecular formula is C28H37Br2ClN2O9S2. The number of aliphatic hydroxyl groups excluding tert-OH is 2. The number of carbonyl (C=O) groups is 1. The van der Waals surface area contributed by atoms with E-state index in [9.17, 15) is 26.7 Å². The SMILES string of the molecule is CC(=O)c1ccc(Br)c(S(=O)(=O)Cl)c1.Cc1ccc(Br)c(S(=O)(=O)N2CCCC(O)CC2)c1.O=C=O.OC1CCCNCC1. The van der Waals surface area contributed by atoms with Crippen LogP contribution in [0.5, 0.6) is 0 Å². The lowest BCUT2D eigenvalue weighted by Gasteiger charge is -2.21. The third kappa shape index (κ3) is 14.3. The maximum atomic E-state index is 12.6. The lowest BCUT2D eigenvalue weighted by atomic mass is 10.2. The molecule has 0 bridgehead atoms. The fourth-order valence-electron chi connectivity index (χ4n) is 4.15. The Balaban J connectivity index is 0.000000338. The van der Waals surface area contributed by atoms with Crippen LogP contribution in [-0.2, 0) is 28.7 Å². The van der Waals surface area contributed by atoms with E-state index in [0.29, 0.717) is 51.8 Å². The molecule has 0 aromatic heterocycles. The minimum Gasteiger partial charge on any atom is -0.393 e. The maximum absolute atomic E-state index is 12.6. The zero-order chi connectivity index (χ0) is 33.5. The number of nitrogens with zero attached hydrogens (tertiary/aromatic N) is 1. The minimum absolute atomic E-state index is 0.0370. The van der Waals surface area contributed by atoms with Gasteiger partial charge >= 0.3 is 6.15 Å². The van der Waals surface area contributed by atoms with Crippen molar-refractivity contribution in [3.05, 3.63) is 56.5 Å². The van der Waals surface area contributed by atoms with Crippen LogP contribution in [0, 0.1) is 6.92 Å². The molecule has 0 radical (unpaired) electrons. The number of carbonyl (C=O) groups excluding carboxylic acids is 3. The number of hydrogen-bond acceptors (Lipinski definition) is 10. The molecule has 2 atom stereocenters. The Morgan fingerprint density at radius 1 is 0.886 bits per heavy atom. The van der Waals surface area contributed by atoms with Crippen molar-refractivity contribution < 1.29 is 41.4 Å². The zero-order valence-electron chi connectivity index (χ0n) is 24.3. The van der Waals surface area contributed by atoms with Crippen LogP contribution in [0.3, 0.4) is 0 Å². The van der Waals surface area contributed by atoms with Crippen molar-refractivity contribution >= 4 is 73.6 Å². The highest BCUT2D eigenvalue weighted by Gasteiger charge is 2.28. The van der Waals surface area contributed by atoms with Crippen LogP contribution in [-0.4, -0.2) is 81.7 Å². The van der Waals surface area contributed by atoms with Crippen LogP contribution in [0.2, 0.25) is 0 Å². The highest BCUT2D eigenvalue weighted by Crippen LogP contribution is 2.28. The van der Waals surface area contributed by atoms with E-state index in [2.05, 4.69) is 37.2 Å². The van der Waals surface area contributed by atoms with Crippen LogP contribution in [0.1, 0.15) is 61.4 Å². The minimum atomic E-state index is -3.82. The van der Waals surface area contributed by atoms with Crippen molar-refractivity contribution in [2.24, 2.45) is 0 Å². The van der Waals surface area contributed by atoms with E-state index in [1.54, 1.807) is 12.1 Å². The van der Waals surface area contributed by atoms with Crippen molar-refractivity contribution in [2.45, 2.75) is 74.4 Å². The van der Waals surface area contributed by atoms with Gasteiger partial charge in [0.25, 0.3) is 9.05 Å². The summed E-state index contributed by atoms with van der Waals surface area (Å²) in [4.78, 5) is 27.5. The highest BCUT2D eigenvalue weighted by atomic mass is 79.9. The second kappa shape index (κ2) is 19.9. The normalized spacial score (nSPS) is 19.2. The van der Waals surface area contributed by atoms with Gasteiger partial charge in [0.15, 0.2) is 5.78 Å². The standard InChI is InChI=1S/C13H18BrNO3S.C8H6BrClO3S.C6H13NO.CO2/c1-10-4-5-12(14)13(9-10)19(17,18)15-7-2-3-11(16)6-8-15;1-5(11)6-2-3-7(9)8(4-6)14(10,12)13;8-6-2-1-4-7-5-3-6;2-1-3/h4-5,9,11,16H,2-3,6-8H2,1H3;2-4H,1H3;6-8H,1-5H2;. The van der Waals surface area contributed by atoms with Crippen molar-refractivity contribution in [3.8, 4) is 0 Å². The largest absolute Gasteiger partial charge is 0.393 e. The molecule has 2 fully saturated rings. The molecule has 246 valence electrons. The first-order valence-corrected chi connectivity index (χ1v) is 19.0. The van der Waals surface area contributed by atoms with Crippen LogP contribution in [0.4, 0.5) is 0 Å². The number of aryl methyl sites for hydroxylation is 1. The molecule has 11 nitrogen and oxygen atoms in total. The third-order valence-corrected chi connectivity index (χ3v) is 11.7. The van der Waals surface area contributed by atoms with E-state index in [4.69, 9.17) is 25.4 Å². The van der Waals surface area contributed by atoms with Gasteiger partial charge in [0.05, 0.1) is 22.0 Å². The maximum Gasteiger partial charge on any atom is 0.373 e.